The maximum Gasteiger partial charge on any atom is 0.366 e. The molecule has 3 rings (SSSR count). The lowest BCUT2D eigenvalue weighted by Crippen LogP contribution is -2.12. The van der Waals surface area contributed by atoms with Crippen LogP contribution in [0.2, 0.25) is 0 Å². The summed E-state index contributed by atoms with van der Waals surface area (Å²) in [4.78, 5) is 12.4. The summed E-state index contributed by atoms with van der Waals surface area (Å²) in [6, 6.07) is 13.5. The van der Waals surface area contributed by atoms with Gasteiger partial charge in [-0.05, 0) is 62.6 Å². The van der Waals surface area contributed by atoms with Gasteiger partial charge in [0, 0.05) is 0 Å². The zero-order chi connectivity index (χ0) is 17.3. The van der Waals surface area contributed by atoms with Crippen LogP contribution in [0.4, 0.5) is 0 Å². The number of para-hydroxylation sites is 1. The standard InChI is InChI=1S/C19H19N3O2/c1-12-9-13(2)11-16(10-12)22-15(4)18(20-21-22)19(23)24-17-8-6-5-7-14(17)3/h5-11H,1-4H3. The van der Waals surface area contributed by atoms with E-state index in [0.717, 1.165) is 22.4 Å². The minimum Gasteiger partial charge on any atom is -0.421 e. The van der Waals surface area contributed by atoms with Crippen molar-refractivity contribution in [1.82, 2.24) is 15.0 Å². The van der Waals surface area contributed by atoms with E-state index in [0.29, 0.717) is 11.4 Å². The molecule has 0 aliphatic heterocycles. The number of carbonyl (C=O) groups excluding carboxylic acids is 1. The van der Waals surface area contributed by atoms with E-state index in [1.54, 1.807) is 10.7 Å². The Morgan fingerprint density at radius 2 is 1.67 bits per heavy atom. The predicted molar refractivity (Wildman–Crippen MR) is 91.7 cm³/mol. The largest absolute Gasteiger partial charge is 0.421 e. The highest BCUT2D eigenvalue weighted by atomic mass is 16.5. The van der Waals surface area contributed by atoms with E-state index in [1.165, 1.54) is 0 Å². The number of aryl methyl sites for hydroxylation is 3. The number of ether oxygens (including phenoxy) is 1. The summed E-state index contributed by atoms with van der Waals surface area (Å²) < 4.78 is 7.12. The summed E-state index contributed by atoms with van der Waals surface area (Å²) >= 11 is 0. The smallest absolute Gasteiger partial charge is 0.366 e. The molecule has 0 saturated heterocycles. The maximum absolute atomic E-state index is 12.4. The van der Waals surface area contributed by atoms with Crippen molar-refractivity contribution < 1.29 is 9.53 Å². The number of benzene rings is 2. The Morgan fingerprint density at radius 3 is 2.33 bits per heavy atom. The van der Waals surface area contributed by atoms with E-state index < -0.39 is 5.97 Å². The second kappa shape index (κ2) is 6.28. The third-order valence-electron chi connectivity index (χ3n) is 3.84. The van der Waals surface area contributed by atoms with Gasteiger partial charge < -0.3 is 4.74 Å². The van der Waals surface area contributed by atoms with Crippen LogP contribution in [0.25, 0.3) is 5.69 Å². The molecule has 0 unspecified atom stereocenters. The quantitative estimate of drug-likeness (QED) is 0.545. The first kappa shape index (κ1) is 15.9. The van der Waals surface area contributed by atoms with E-state index >= 15 is 0 Å². The van der Waals surface area contributed by atoms with E-state index in [9.17, 15) is 4.79 Å². The van der Waals surface area contributed by atoms with Crippen molar-refractivity contribution in [3.8, 4) is 11.4 Å². The number of hydrogen-bond donors (Lipinski definition) is 0. The fourth-order valence-corrected chi connectivity index (χ4v) is 2.66. The maximum atomic E-state index is 12.4. The van der Waals surface area contributed by atoms with Crippen molar-refractivity contribution >= 4 is 5.97 Å². The predicted octanol–water partition coefficient (Wildman–Crippen LogP) is 3.72. The SMILES string of the molecule is Cc1cc(C)cc(-n2nnc(C(=O)Oc3ccccc3C)c2C)c1. The van der Waals surface area contributed by atoms with Crippen LogP contribution in [0.1, 0.15) is 32.9 Å². The molecular formula is C19H19N3O2. The lowest BCUT2D eigenvalue weighted by molar-refractivity contribution is 0.0726. The number of esters is 1. The van der Waals surface area contributed by atoms with Gasteiger partial charge in [0.05, 0.1) is 11.4 Å². The molecule has 122 valence electrons. The summed E-state index contributed by atoms with van der Waals surface area (Å²) in [5, 5.41) is 8.13. The number of rotatable bonds is 3. The first-order chi connectivity index (χ1) is 11.5. The number of carbonyl (C=O) groups is 1. The Kier molecular flexibility index (Phi) is 4.16. The van der Waals surface area contributed by atoms with Crippen LogP contribution in [0.15, 0.2) is 42.5 Å². The lowest BCUT2D eigenvalue weighted by atomic mass is 10.1. The number of nitrogens with zero attached hydrogens (tertiary/aromatic N) is 3. The molecule has 0 fully saturated rings. The normalized spacial score (nSPS) is 10.7. The summed E-state index contributed by atoms with van der Waals surface area (Å²) in [5.41, 5.74) is 4.90. The van der Waals surface area contributed by atoms with Crippen LogP contribution >= 0.6 is 0 Å². The highest BCUT2D eigenvalue weighted by Gasteiger charge is 2.20. The van der Waals surface area contributed by atoms with Crippen LogP contribution in [0, 0.1) is 27.7 Å². The van der Waals surface area contributed by atoms with Gasteiger partial charge in [0.1, 0.15) is 5.75 Å². The van der Waals surface area contributed by atoms with Crippen molar-refractivity contribution in [3.05, 3.63) is 70.5 Å². The molecule has 0 bridgehead atoms. The molecule has 5 nitrogen and oxygen atoms in total. The summed E-state index contributed by atoms with van der Waals surface area (Å²) in [7, 11) is 0. The van der Waals surface area contributed by atoms with Gasteiger partial charge in [-0.25, -0.2) is 9.48 Å². The van der Waals surface area contributed by atoms with Gasteiger partial charge in [-0.3, -0.25) is 0 Å². The Hall–Kier alpha value is -2.95. The molecule has 2 aromatic carbocycles. The van der Waals surface area contributed by atoms with E-state index in [4.69, 9.17) is 4.74 Å². The highest BCUT2D eigenvalue weighted by Crippen LogP contribution is 2.20. The highest BCUT2D eigenvalue weighted by molar-refractivity contribution is 5.90. The fraction of sp³-hybridized carbons (Fsp3) is 0.211. The monoisotopic (exact) mass is 321 g/mol. The molecular weight excluding hydrogens is 302 g/mol. The van der Waals surface area contributed by atoms with Crippen LogP contribution in [-0.4, -0.2) is 21.0 Å². The Labute approximate surface area is 140 Å². The molecule has 3 aromatic rings. The Morgan fingerprint density at radius 1 is 1.00 bits per heavy atom. The van der Waals surface area contributed by atoms with E-state index in [1.807, 2.05) is 58.0 Å². The average molecular weight is 321 g/mol. The van der Waals surface area contributed by atoms with E-state index in [2.05, 4.69) is 16.4 Å². The third-order valence-corrected chi connectivity index (χ3v) is 3.84. The summed E-state index contributed by atoms with van der Waals surface area (Å²) in [5.74, 6) is 0.0280. The van der Waals surface area contributed by atoms with Crippen LogP contribution < -0.4 is 4.74 Å². The molecule has 1 heterocycles. The minimum absolute atomic E-state index is 0.220. The average Bonchev–Trinajstić information content (AvgIpc) is 2.90. The second-order valence-corrected chi connectivity index (χ2v) is 5.94. The third kappa shape index (κ3) is 3.06. The Bertz CT molecular complexity index is 892. The molecule has 1 aromatic heterocycles. The van der Waals surface area contributed by atoms with Crippen LogP contribution in [-0.2, 0) is 0 Å². The van der Waals surface area contributed by atoms with Crippen molar-refractivity contribution in [2.75, 3.05) is 0 Å². The molecule has 0 N–H and O–H groups in total. The van der Waals surface area contributed by atoms with Gasteiger partial charge in [0.15, 0.2) is 5.69 Å². The van der Waals surface area contributed by atoms with Crippen molar-refractivity contribution in [1.29, 1.82) is 0 Å². The van der Waals surface area contributed by atoms with Gasteiger partial charge >= 0.3 is 5.97 Å². The number of aromatic nitrogens is 3. The van der Waals surface area contributed by atoms with Gasteiger partial charge in [-0.1, -0.05) is 29.5 Å². The zero-order valence-corrected chi connectivity index (χ0v) is 14.2. The molecule has 0 spiro atoms. The topological polar surface area (TPSA) is 57.0 Å². The van der Waals surface area contributed by atoms with Crippen molar-refractivity contribution in [2.45, 2.75) is 27.7 Å². The Balaban J connectivity index is 1.92. The first-order valence-corrected chi connectivity index (χ1v) is 7.74. The van der Waals surface area contributed by atoms with E-state index in [-0.39, 0.29) is 5.69 Å². The molecule has 0 atom stereocenters. The molecule has 24 heavy (non-hydrogen) atoms. The molecule has 5 heteroatoms. The van der Waals surface area contributed by atoms with Crippen LogP contribution in [0.5, 0.6) is 5.75 Å². The zero-order valence-electron chi connectivity index (χ0n) is 14.2. The minimum atomic E-state index is -0.502. The molecule has 0 saturated carbocycles. The summed E-state index contributed by atoms with van der Waals surface area (Å²) in [6.45, 7) is 7.75. The lowest BCUT2D eigenvalue weighted by Gasteiger charge is -2.07. The fourth-order valence-electron chi connectivity index (χ4n) is 2.66. The van der Waals surface area contributed by atoms with Gasteiger partial charge in [0.25, 0.3) is 0 Å². The second-order valence-electron chi connectivity index (χ2n) is 5.94. The van der Waals surface area contributed by atoms with Crippen molar-refractivity contribution in [3.63, 3.8) is 0 Å². The first-order valence-electron chi connectivity index (χ1n) is 7.74. The van der Waals surface area contributed by atoms with Crippen molar-refractivity contribution in [2.24, 2.45) is 0 Å². The van der Waals surface area contributed by atoms with Gasteiger partial charge in [-0.2, -0.15) is 0 Å². The number of hydrogen-bond acceptors (Lipinski definition) is 4. The molecule has 0 aliphatic carbocycles. The molecule has 0 aliphatic rings. The molecule has 0 amide bonds. The van der Waals surface area contributed by atoms with Gasteiger partial charge in [0.2, 0.25) is 0 Å². The van der Waals surface area contributed by atoms with Crippen LogP contribution in [0.3, 0.4) is 0 Å². The summed E-state index contributed by atoms with van der Waals surface area (Å²) in [6.07, 6.45) is 0. The van der Waals surface area contributed by atoms with Gasteiger partial charge in [-0.15, -0.1) is 5.10 Å². The molecule has 0 radical (unpaired) electrons.